The first-order valence-corrected chi connectivity index (χ1v) is 10.6. The maximum absolute atomic E-state index is 12.5. The van der Waals surface area contributed by atoms with Crippen LogP contribution in [0.4, 0.5) is 10.5 Å². The van der Waals surface area contributed by atoms with Crippen molar-refractivity contribution in [3.8, 4) is 0 Å². The maximum Gasteiger partial charge on any atom is 0.410 e. The van der Waals surface area contributed by atoms with E-state index in [4.69, 9.17) is 22.1 Å². The van der Waals surface area contributed by atoms with Crippen molar-refractivity contribution in [2.75, 3.05) is 32.4 Å². The molecule has 1 fully saturated rings. The first-order chi connectivity index (χ1) is 14.0. The Bertz CT molecular complexity index is 783. The fourth-order valence-corrected chi connectivity index (χ4v) is 3.69. The largest absolute Gasteiger partial charge is 0.444 e. The Morgan fingerprint density at radius 3 is 2.43 bits per heavy atom. The van der Waals surface area contributed by atoms with Crippen molar-refractivity contribution < 1.29 is 19.1 Å². The number of rotatable bonds is 6. The predicted molar refractivity (Wildman–Crippen MR) is 118 cm³/mol. The number of Topliss-reactive ketones (excluding diaryl/α,β-unsaturated/α-hetero) is 1. The van der Waals surface area contributed by atoms with Crippen molar-refractivity contribution in [2.24, 2.45) is 5.92 Å². The molecule has 1 aromatic rings. The van der Waals surface area contributed by atoms with Crippen LogP contribution >= 0.6 is 11.6 Å². The van der Waals surface area contributed by atoms with E-state index in [2.05, 4.69) is 0 Å². The van der Waals surface area contributed by atoms with Gasteiger partial charge in [-0.3, -0.25) is 9.59 Å². The highest BCUT2D eigenvalue weighted by molar-refractivity contribution is 6.34. The van der Waals surface area contributed by atoms with Gasteiger partial charge in [0.05, 0.1) is 17.1 Å². The molecule has 166 valence electrons. The number of benzene rings is 1. The summed E-state index contributed by atoms with van der Waals surface area (Å²) in [5, 5.41) is 0.274. The number of halogens is 1. The molecule has 0 unspecified atom stereocenters. The van der Waals surface area contributed by atoms with Crippen LogP contribution in [0.15, 0.2) is 18.2 Å². The number of carbonyl (C=O) groups is 3. The zero-order valence-corrected chi connectivity index (χ0v) is 19.0. The van der Waals surface area contributed by atoms with Crippen molar-refractivity contribution in [3.63, 3.8) is 0 Å². The summed E-state index contributed by atoms with van der Waals surface area (Å²) in [6.45, 7) is 6.88. The summed E-state index contributed by atoms with van der Waals surface area (Å²) in [7, 11) is 1.59. The highest BCUT2D eigenvalue weighted by atomic mass is 35.5. The van der Waals surface area contributed by atoms with Crippen LogP contribution < -0.4 is 5.73 Å². The molecule has 0 aliphatic carbocycles. The van der Waals surface area contributed by atoms with Crippen molar-refractivity contribution in [1.82, 2.24) is 9.80 Å². The second-order valence-electron chi connectivity index (χ2n) is 8.89. The fourth-order valence-electron chi connectivity index (χ4n) is 3.42. The van der Waals surface area contributed by atoms with Crippen molar-refractivity contribution in [2.45, 2.75) is 52.1 Å². The van der Waals surface area contributed by atoms with Crippen LogP contribution in [0.1, 0.15) is 56.8 Å². The van der Waals surface area contributed by atoms with Crippen molar-refractivity contribution >= 4 is 35.1 Å². The molecule has 0 bridgehead atoms. The number of nitrogens with two attached hydrogens (primary N) is 1. The van der Waals surface area contributed by atoms with Crippen LogP contribution in [0, 0.1) is 5.92 Å². The number of piperidine rings is 1. The highest BCUT2D eigenvalue weighted by Gasteiger charge is 2.27. The second kappa shape index (κ2) is 10.2. The standard InChI is InChI=1S/C22H32ClN3O4/c1-22(2,3)30-21(29)26-11-9-15(10-12-26)5-7-17(27)14-25(4)20(28)18-8-6-16(24)13-19(18)23/h6,8,13,15H,5,7,9-12,14,24H2,1-4H3. The van der Waals surface area contributed by atoms with E-state index < -0.39 is 5.60 Å². The monoisotopic (exact) mass is 437 g/mol. The normalized spacial score (nSPS) is 15.0. The summed E-state index contributed by atoms with van der Waals surface area (Å²) in [5.74, 6) is 0.0891. The van der Waals surface area contributed by atoms with Gasteiger partial charge in [-0.25, -0.2) is 4.79 Å². The Labute approximate surface area is 183 Å². The molecule has 1 aromatic carbocycles. The van der Waals surface area contributed by atoms with E-state index in [0.717, 1.165) is 19.3 Å². The highest BCUT2D eigenvalue weighted by Crippen LogP contribution is 2.24. The number of amides is 2. The number of likely N-dealkylation sites (N-methyl/N-ethyl adjacent to an activating group) is 1. The van der Waals surface area contributed by atoms with Gasteiger partial charge in [-0.1, -0.05) is 11.6 Å². The van der Waals surface area contributed by atoms with Gasteiger partial charge in [-0.05, 0) is 64.2 Å². The number of nitrogen functional groups attached to an aromatic ring is 1. The van der Waals surface area contributed by atoms with E-state index in [-0.39, 0.29) is 29.4 Å². The Balaban J connectivity index is 1.75. The molecule has 0 atom stereocenters. The Hall–Kier alpha value is -2.28. The Morgan fingerprint density at radius 1 is 1.23 bits per heavy atom. The molecule has 1 heterocycles. The van der Waals surface area contributed by atoms with Crippen molar-refractivity contribution in [3.05, 3.63) is 28.8 Å². The number of hydrogen-bond donors (Lipinski definition) is 1. The number of likely N-dealkylation sites (tertiary alicyclic amines) is 1. The smallest absolute Gasteiger partial charge is 0.410 e. The minimum absolute atomic E-state index is 0.00647. The predicted octanol–water partition coefficient (Wildman–Crippen LogP) is 3.99. The molecule has 2 rings (SSSR count). The van der Waals surface area contributed by atoms with Gasteiger partial charge in [-0.2, -0.15) is 0 Å². The molecular formula is C22H32ClN3O4. The molecule has 2 amide bonds. The fraction of sp³-hybridized carbons (Fsp3) is 0.591. The first kappa shape index (κ1) is 24.0. The zero-order chi connectivity index (χ0) is 22.5. The molecule has 2 N–H and O–H groups in total. The number of nitrogens with zero attached hydrogens (tertiary/aromatic N) is 2. The minimum Gasteiger partial charge on any atom is -0.444 e. The van der Waals surface area contributed by atoms with E-state index in [1.165, 1.54) is 11.0 Å². The first-order valence-electron chi connectivity index (χ1n) is 10.3. The summed E-state index contributed by atoms with van der Waals surface area (Å²) in [6, 6.07) is 4.70. The van der Waals surface area contributed by atoms with Crippen LogP contribution in [0.2, 0.25) is 5.02 Å². The number of ether oxygens (including phenoxy) is 1. The summed E-state index contributed by atoms with van der Waals surface area (Å²) < 4.78 is 5.41. The molecule has 0 saturated carbocycles. The van der Waals surface area contributed by atoms with Gasteiger partial charge in [-0.15, -0.1) is 0 Å². The van der Waals surface area contributed by atoms with Gasteiger partial charge in [0.2, 0.25) is 0 Å². The third-order valence-corrected chi connectivity index (χ3v) is 5.39. The molecule has 1 aliphatic heterocycles. The van der Waals surface area contributed by atoms with Gasteiger partial charge in [0, 0.05) is 32.2 Å². The average Bonchev–Trinajstić information content (AvgIpc) is 2.65. The lowest BCUT2D eigenvalue weighted by Crippen LogP contribution is -2.41. The van der Waals surface area contributed by atoms with E-state index in [1.807, 2.05) is 20.8 Å². The van der Waals surface area contributed by atoms with E-state index in [0.29, 0.717) is 36.7 Å². The van der Waals surface area contributed by atoms with Crippen molar-refractivity contribution in [1.29, 1.82) is 0 Å². The van der Waals surface area contributed by atoms with Gasteiger partial charge < -0.3 is 20.3 Å². The lowest BCUT2D eigenvalue weighted by atomic mass is 9.91. The van der Waals surface area contributed by atoms with Crippen LogP contribution in [-0.4, -0.2) is 59.9 Å². The van der Waals surface area contributed by atoms with Crippen LogP contribution in [-0.2, 0) is 9.53 Å². The van der Waals surface area contributed by atoms with E-state index in [9.17, 15) is 14.4 Å². The SMILES string of the molecule is CN(CC(=O)CCC1CCN(C(=O)OC(C)(C)C)CC1)C(=O)c1ccc(N)cc1Cl. The van der Waals surface area contributed by atoms with E-state index >= 15 is 0 Å². The molecule has 30 heavy (non-hydrogen) atoms. The molecule has 1 saturated heterocycles. The zero-order valence-electron chi connectivity index (χ0n) is 18.2. The molecular weight excluding hydrogens is 406 g/mol. The summed E-state index contributed by atoms with van der Waals surface area (Å²) >= 11 is 6.09. The Morgan fingerprint density at radius 2 is 1.87 bits per heavy atom. The van der Waals surface area contributed by atoms with Gasteiger partial charge in [0.1, 0.15) is 5.60 Å². The quantitative estimate of drug-likeness (QED) is 0.679. The maximum atomic E-state index is 12.5. The van der Waals surface area contributed by atoms with Gasteiger partial charge in [0.25, 0.3) is 5.91 Å². The molecule has 7 nitrogen and oxygen atoms in total. The van der Waals surface area contributed by atoms with Crippen LogP contribution in [0.25, 0.3) is 0 Å². The number of carbonyl (C=O) groups excluding carboxylic acids is 3. The molecule has 1 aliphatic rings. The lowest BCUT2D eigenvalue weighted by molar-refractivity contribution is -0.119. The summed E-state index contributed by atoms with van der Waals surface area (Å²) in [4.78, 5) is 40.1. The Kier molecular flexibility index (Phi) is 8.12. The van der Waals surface area contributed by atoms with E-state index in [1.54, 1.807) is 24.1 Å². The molecule has 8 heteroatoms. The molecule has 0 spiro atoms. The molecule has 0 radical (unpaired) electrons. The second-order valence-corrected chi connectivity index (χ2v) is 9.30. The third kappa shape index (κ3) is 7.20. The molecule has 0 aromatic heterocycles. The third-order valence-electron chi connectivity index (χ3n) is 5.08. The van der Waals surface area contributed by atoms with Gasteiger partial charge >= 0.3 is 6.09 Å². The minimum atomic E-state index is -0.500. The number of hydrogen-bond acceptors (Lipinski definition) is 5. The average molecular weight is 438 g/mol. The van der Waals surface area contributed by atoms with Crippen LogP contribution in [0.3, 0.4) is 0 Å². The van der Waals surface area contributed by atoms with Crippen LogP contribution in [0.5, 0.6) is 0 Å². The summed E-state index contributed by atoms with van der Waals surface area (Å²) in [5.41, 5.74) is 5.96. The summed E-state index contributed by atoms with van der Waals surface area (Å²) in [6.07, 6.45) is 2.58. The topological polar surface area (TPSA) is 92.9 Å². The number of anilines is 1. The van der Waals surface area contributed by atoms with Gasteiger partial charge in [0.15, 0.2) is 5.78 Å². The lowest BCUT2D eigenvalue weighted by Gasteiger charge is -2.33. The number of ketones is 1.